The first-order chi connectivity index (χ1) is 19.1. The minimum absolute atomic E-state index is 0.0850. The van der Waals surface area contributed by atoms with Crippen LogP contribution in [0.2, 0.25) is 0 Å². The van der Waals surface area contributed by atoms with Gasteiger partial charge in [0.15, 0.2) is 5.82 Å². The monoisotopic (exact) mass is 557 g/mol. The van der Waals surface area contributed by atoms with Crippen molar-refractivity contribution in [1.29, 1.82) is 0 Å². The fourth-order valence-corrected chi connectivity index (χ4v) is 5.16. The standard InChI is InChI=1S/C29H34F3N5O3/c1-3-24-23(18-37(35-24)25-14-11-21(17-33-25)29(30,31)32)27(19-7-5-4-6-8-19)34-22-12-9-20(10-13-22)28(40)36(2)16-15-26(38)39/h9-14,17-19,27,34H,3-8,15-16H2,1-2H3,(H,38,39). The Morgan fingerprint density at radius 1 is 1.12 bits per heavy atom. The number of hydrogen-bond donors (Lipinski definition) is 2. The van der Waals surface area contributed by atoms with Crippen LogP contribution in [0.4, 0.5) is 18.9 Å². The van der Waals surface area contributed by atoms with Gasteiger partial charge in [0, 0.05) is 42.8 Å². The van der Waals surface area contributed by atoms with Crippen molar-refractivity contribution in [1.82, 2.24) is 19.7 Å². The maximum Gasteiger partial charge on any atom is 0.417 e. The van der Waals surface area contributed by atoms with E-state index in [0.717, 1.165) is 54.9 Å². The molecule has 2 N–H and O–H groups in total. The van der Waals surface area contributed by atoms with Gasteiger partial charge in [0.05, 0.1) is 23.7 Å². The number of aromatic nitrogens is 3. The molecule has 2 aromatic heterocycles. The van der Waals surface area contributed by atoms with Gasteiger partial charge in [0.2, 0.25) is 0 Å². The lowest BCUT2D eigenvalue weighted by Crippen LogP contribution is -2.29. The Morgan fingerprint density at radius 3 is 2.40 bits per heavy atom. The third kappa shape index (κ3) is 7.00. The van der Waals surface area contributed by atoms with Crippen molar-refractivity contribution in [2.75, 3.05) is 18.9 Å². The molecular weight excluding hydrogens is 523 g/mol. The topological polar surface area (TPSA) is 100 Å². The lowest BCUT2D eigenvalue weighted by atomic mass is 9.81. The van der Waals surface area contributed by atoms with Crippen molar-refractivity contribution in [2.45, 2.75) is 64.1 Å². The first kappa shape index (κ1) is 29.1. The van der Waals surface area contributed by atoms with Gasteiger partial charge in [-0.05, 0) is 61.6 Å². The third-order valence-electron chi connectivity index (χ3n) is 7.39. The lowest BCUT2D eigenvalue weighted by Gasteiger charge is -2.32. The van der Waals surface area contributed by atoms with Gasteiger partial charge in [-0.1, -0.05) is 26.2 Å². The van der Waals surface area contributed by atoms with E-state index in [4.69, 9.17) is 5.11 Å². The number of nitrogens with one attached hydrogen (secondary N) is 1. The summed E-state index contributed by atoms with van der Waals surface area (Å²) in [6.07, 6.45) is 4.24. The molecule has 1 fully saturated rings. The van der Waals surface area contributed by atoms with Crippen LogP contribution in [0.1, 0.15) is 78.7 Å². The van der Waals surface area contributed by atoms with Gasteiger partial charge < -0.3 is 15.3 Å². The van der Waals surface area contributed by atoms with Crippen LogP contribution in [0.25, 0.3) is 5.82 Å². The van der Waals surface area contributed by atoms with E-state index in [2.05, 4.69) is 15.4 Å². The van der Waals surface area contributed by atoms with Gasteiger partial charge in [-0.15, -0.1) is 0 Å². The van der Waals surface area contributed by atoms with Crippen molar-refractivity contribution < 1.29 is 27.9 Å². The molecule has 4 rings (SSSR count). The molecule has 1 aromatic carbocycles. The molecule has 1 saturated carbocycles. The first-order valence-electron chi connectivity index (χ1n) is 13.5. The summed E-state index contributed by atoms with van der Waals surface area (Å²) in [7, 11) is 1.58. The highest BCUT2D eigenvalue weighted by Crippen LogP contribution is 2.38. The largest absolute Gasteiger partial charge is 0.481 e. The van der Waals surface area contributed by atoms with E-state index in [1.54, 1.807) is 23.9 Å². The highest BCUT2D eigenvalue weighted by atomic mass is 19.4. The van der Waals surface area contributed by atoms with Crippen molar-refractivity contribution in [3.63, 3.8) is 0 Å². The van der Waals surface area contributed by atoms with E-state index in [0.29, 0.717) is 23.7 Å². The zero-order chi connectivity index (χ0) is 28.9. The van der Waals surface area contributed by atoms with Crippen LogP contribution in [0.15, 0.2) is 48.8 Å². The number of rotatable bonds is 10. The Balaban J connectivity index is 1.59. The fourth-order valence-electron chi connectivity index (χ4n) is 5.16. The number of halogens is 3. The smallest absolute Gasteiger partial charge is 0.417 e. The number of carbonyl (C=O) groups excluding carboxylic acids is 1. The van der Waals surface area contributed by atoms with Crippen LogP contribution in [0, 0.1) is 5.92 Å². The van der Waals surface area contributed by atoms with E-state index in [9.17, 15) is 22.8 Å². The second-order valence-electron chi connectivity index (χ2n) is 10.2. The molecule has 3 aromatic rings. The number of amides is 1. The second-order valence-corrected chi connectivity index (χ2v) is 10.2. The first-order valence-corrected chi connectivity index (χ1v) is 13.5. The average molecular weight is 558 g/mol. The van der Waals surface area contributed by atoms with Crippen LogP contribution in [0.5, 0.6) is 0 Å². The minimum Gasteiger partial charge on any atom is -0.481 e. The quantitative estimate of drug-likeness (QED) is 0.311. The number of carboxylic acid groups (broad SMARTS) is 1. The summed E-state index contributed by atoms with van der Waals surface area (Å²) in [6.45, 7) is 2.12. The summed E-state index contributed by atoms with van der Waals surface area (Å²) in [5.74, 6) is -0.570. The summed E-state index contributed by atoms with van der Waals surface area (Å²) < 4.78 is 40.6. The zero-order valence-corrected chi connectivity index (χ0v) is 22.6. The summed E-state index contributed by atoms with van der Waals surface area (Å²) >= 11 is 0. The van der Waals surface area contributed by atoms with Gasteiger partial charge in [-0.3, -0.25) is 9.59 Å². The lowest BCUT2D eigenvalue weighted by molar-refractivity contribution is -0.138. The van der Waals surface area contributed by atoms with E-state index >= 15 is 0 Å². The molecule has 0 saturated heterocycles. The normalized spacial score (nSPS) is 15.0. The minimum atomic E-state index is -4.46. The number of benzene rings is 1. The molecule has 1 aliphatic carbocycles. The number of hydrogen-bond acceptors (Lipinski definition) is 5. The van der Waals surface area contributed by atoms with Crippen molar-refractivity contribution in [2.24, 2.45) is 5.92 Å². The molecule has 214 valence electrons. The molecule has 0 bridgehead atoms. The second kappa shape index (κ2) is 12.5. The van der Waals surface area contributed by atoms with Gasteiger partial charge in [0.25, 0.3) is 5.91 Å². The van der Waals surface area contributed by atoms with Crippen LogP contribution >= 0.6 is 0 Å². The number of carboxylic acids is 1. The van der Waals surface area contributed by atoms with Crippen LogP contribution < -0.4 is 5.32 Å². The van der Waals surface area contributed by atoms with Crippen molar-refractivity contribution >= 4 is 17.6 Å². The maximum absolute atomic E-state index is 13.0. The Bertz CT molecular complexity index is 1300. The summed E-state index contributed by atoms with van der Waals surface area (Å²) in [5.41, 5.74) is 2.29. The highest BCUT2D eigenvalue weighted by Gasteiger charge is 2.31. The van der Waals surface area contributed by atoms with Crippen molar-refractivity contribution in [3.05, 3.63) is 71.2 Å². The SMILES string of the molecule is CCc1nn(-c2ccc(C(F)(F)F)cn2)cc1C(Nc1ccc(C(=O)N(C)CCC(=O)O)cc1)C1CCCCC1. The van der Waals surface area contributed by atoms with Crippen LogP contribution in [-0.2, 0) is 17.4 Å². The van der Waals surface area contributed by atoms with Crippen molar-refractivity contribution in [3.8, 4) is 5.82 Å². The molecule has 0 spiro atoms. The van der Waals surface area contributed by atoms with Gasteiger partial charge in [-0.2, -0.15) is 18.3 Å². The summed E-state index contributed by atoms with van der Waals surface area (Å²) in [6, 6.07) is 9.35. The molecule has 0 aliphatic heterocycles. The van der Waals surface area contributed by atoms with E-state index < -0.39 is 17.7 Å². The Labute approximate surface area is 231 Å². The molecule has 1 unspecified atom stereocenters. The number of pyridine rings is 1. The average Bonchev–Trinajstić information content (AvgIpc) is 3.39. The van der Waals surface area contributed by atoms with E-state index in [1.165, 1.54) is 17.4 Å². The molecular formula is C29H34F3N5O3. The maximum atomic E-state index is 13.0. The van der Waals surface area contributed by atoms with Gasteiger partial charge >= 0.3 is 12.1 Å². The summed E-state index contributed by atoms with van der Waals surface area (Å²) in [5, 5.41) is 17.2. The van der Waals surface area contributed by atoms with Crippen LogP contribution in [-0.4, -0.2) is 50.2 Å². The number of nitrogens with zero attached hydrogens (tertiary/aromatic N) is 4. The Kier molecular flexibility index (Phi) is 9.11. The predicted molar refractivity (Wildman–Crippen MR) is 144 cm³/mol. The van der Waals surface area contributed by atoms with Crippen LogP contribution in [0.3, 0.4) is 0 Å². The van der Waals surface area contributed by atoms with Gasteiger partial charge in [-0.25, -0.2) is 9.67 Å². The molecule has 11 heteroatoms. The Hall–Kier alpha value is -3.89. The van der Waals surface area contributed by atoms with E-state index in [-0.39, 0.29) is 24.9 Å². The molecule has 0 radical (unpaired) electrons. The fraction of sp³-hybridized carbons (Fsp3) is 0.448. The van der Waals surface area contributed by atoms with Gasteiger partial charge in [0.1, 0.15) is 0 Å². The Morgan fingerprint density at radius 2 is 1.82 bits per heavy atom. The molecule has 2 heterocycles. The zero-order valence-electron chi connectivity index (χ0n) is 22.6. The number of aryl methyl sites for hydroxylation is 1. The number of alkyl halides is 3. The number of aliphatic carboxylic acids is 1. The molecule has 1 amide bonds. The number of carbonyl (C=O) groups is 2. The van der Waals surface area contributed by atoms with E-state index in [1.807, 2.05) is 25.3 Å². The molecule has 8 nitrogen and oxygen atoms in total. The predicted octanol–water partition coefficient (Wildman–Crippen LogP) is 6.13. The third-order valence-corrected chi connectivity index (χ3v) is 7.39. The molecule has 40 heavy (non-hydrogen) atoms. The highest BCUT2D eigenvalue weighted by molar-refractivity contribution is 5.94. The summed E-state index contributed by atoms with van der Waals surface area (Å²) in [4.78, 5) is 28.9. The number of anilines is 1. The molecule has 1 atom stereocenters. The molecule has 1 aliphatic rings.